The van der Waals surface area contributed by atoms with Gasteiger partial charge in [-0.05, 0) is 80.9 Å². The van der Waals surface area contributed by atoms with Crippen LogP contribution in [0.15, 0.2) is 24.3 Å². The van der Waals surface area contributed by atoms with E-state index in [9.17, 15) is 13.2 Å². The Morgan fingerprint density at radius 2 is 1.71 bits per heavy atom. The first kappa shape index (κ1) is 16.9. The highest BCUT2D eigenvalue weighted by Gasteiger charge is 2.54. The minimum absolute atomic E-state index is 0.151. The number of halogens is 3. The summed E-state index contributed by atoms with van der Waals surface area (Å²) in [5, 5.41) is 8.40. The predicted octanol–water partition coefficient (Wildman–Crippen LogP) is 5.33. The molecule has 1 aliphatic heterocycles. The van der Waals surface area contributed by atoms with Gasteiger partial charge in [0.1, 0.15) is 5.82 Å². The number of nitrogens with zero attached hydrogens (tertiary/aromatic N) is 2. The third-order valence-electron chi connectivity index (χ3n) is 7.61. The Hall–Kier alpha value is -1.98. The standard InChI is InChI=1S/C22H24F3N3/c23-22(24,25)16-2-1-3-17(9-16)28-20-18(4-5-26-20)19(27-28)21-10-13-6-14(11-21)8-15(7-13)12-21/h1-3,9,13-15,26H,4-8,10-12H2. The molecule has 4 aliphatic carbocycles. The Kier molecular flexibility index (Phi) is 3.35. The molecular formula is C22H24F3N3. The second-order valence-corrected chi connectivity index (χ2v) is 9.51. The molecule has 0 saturated heterocycles. The molecule has 5 aliphatic rings. The molecule has 3 nitrogen and oxygen atoms in total. The molecule has 4 saturated carbocycles. The Balaban J connectivity index is 1.47. The van der Waals surface area contributed by atoms with Crippen molar-refractivity contribution in [3.63, 3.8) is 0 Å². The Morgan fingerprint density at radius 3 is 2.36 bits per heavy atom. The van der Waals surface area contributed by atoms with Gasteiger partial charge in [-0.3, -0.25) is 0 Å². The van der Waals surface area contributed by atoms with Crippen LogP contribution in [0.1, 0.15) is 55.3 Å². The normalized spacial score (nSPS) is 33.2. The van der Waals surface area contributed by atoms with Gasteiger partial charge in [0.25, 0.3) is 0 Å². The fourth-order valence-corrected chi connectivity index (χ4v) is 7.00. The maximum atomic E-state index is 13.2. The van der Waals surface area contributed by atoms with E-state index in [1.807, 2.05) is 0 Å². The van der Waals surface area contributed by atoms with Crippen LogP contribution < -0.4 is 5.32 Å². The monoisotopic (exact) mass is 387 g/mol. The topological polar surface area (TPSA) is 29.9 Å². The third-order valence-corrected chi connectivity index (χ3v) is 7.61. The maximum absolute atomic E-state index is 13.2. The van der Waals surface area contributed by atoms with Crippen molar-refractivity contribution in [3.8, 4) is 5.69 Å². The van der Waals surface area contributed by atoms with E-state index in [0.29, 0.717) is 5.69 Å². The van der Waals surface area contributed by atoms with E-state index in [0.717, 1.165) is 42.6 Å². The first-order valence-corrected chi connectivity index (χ1v) is 10.5. The lowest BCUT2D eigenvalue weighted by Gasteiger charge is -2.56. The molecule has 6 heteroatoms. The SMILES string of the molecule is FC(F)(F)c1cccc(-n2nc(C34CC5CC(CC(C5)C3)C4)c3c2NCC3)c1. The van der Waals surface area contributed by atoms with E-state index in [1.54, 1.807) is 10.7 Å². The van der Waals surface area contributed by atoms with Gasteiger partial charge in [-0.2, -0.15) is 18.3 Å². The van der Waals surface area contributed by atoms with Gasteiger partial charge in [0.15, 0.2) is 0 Å². The van der Waals surface area contributed by atoms with Gasteiger partial charge in [-0.15, -0.1) is 0 Å². The van der Waals surface area contributed by atoms with Crippen LogP contribution in [0.3, 0.4) is 0 Å². The maximum Gasteiger partial charge on any atom is 0.416 e. The molecule has 2 aromatic rings. The van der Waals surface area contributed by atoms with Gasteiger partial charge < -0.3 is 5.32 Å². The second kappa shape index (κ2) is 5.55. The number of hydrogen-bond acceptors (Lipinski definition) is 2. The van der Waals surface area contributed by atoms with Crippen molar-refractivity contribution in [2.75, 3.05) is 11.9 Å². The largest absolute Gasteiger partial charge is 0.416 e. The molecule has 28 heavy (non-hydrogen) atoms. The number of benzene rings is 1. The van der Waals surface area contributed by atoms with E-state index in [2.05, 4.69) is 5.32 Å². The smallest absolute Gasteiger partial charge is 0.369 e. The van der Waals surface area contributed by atoms with Crippen LogP contribution in [-0.4, -0.2) is 16.3 Å². The van der Waals surface area contributed by atoms with Crippen LogP contribution in [0.5, 0.6) is 0 Å². The van der Waals surface area contributed by atoms with E-state index < -0.39 is 11.7 Å². The molecule has 4 fully saturated rings. The fraction of sp³-hybridized carbons (Fsp3) is 0.591. The lowest BCUT2D eigenvalue weighted by atomic mass is 9.48. The summed E-state index contributed by atoms with van der Waals surface area (Å²) in [7, 11) is 0. The van der Waals surface area contributed by atoms with Crippen LogP contribution in [0.4, 0.5) is 19.0 Å². The molecule has 1 N–H and O–H groups in total. The lowest BCUT2D eigenvalue weighted by Crippen LogP contribution is -2.49. The second-order valence-electron chi connectivity index (χ2n) is 9.51. The van der Waals surface area contributed by atoms with E-state index in [1.165, 1.54) is 61.9 Å². The number of rotatable bonds is 2. The summed E-state index contributed by atoms with van der Waals surface area (Å²) < 4.78 is 41.4. The van der Waals surface area contributed by atoms with Gasteiger partial charge in [-0.25, -0.2) is 4.68 Å². The first-order valence-electron chi connectivity index (χ1n) is 10.5. The van der Waals surface area contributed by atoms with E-state index >= 15 is 0 Å². The molecule has 2 heterocycles. The molecule has 1 aromatic heterocycles. The number of aromatic nitrogens is 2. The van der Waals surface area contributed by atoms with Gasteiger partial charge >= 0.3 is 6.18 Å². The van der Waals surface area contributed by atoms with Crippen LogP contribution in [0, 0.1) is 17.8 Å². The molecule has 0 amide bonds. The van der Waals surface area contributed by atoms with Gasteiger partial charge in [-0.1, -0.05) is 6.07 Å². The summed E-state index contributed by atoms with van der Waals surface area (Å²) in [6.45, 7) is 0.839. The van der Waals surface area contributed by atoms with Crippen LogP contribution in [0.25, 0.3) is 5.69 Å². The average Bonchev–Trinajstić information content (AvgIpc) is 3.22. The highest BCUT2D eigenvalue weighted by atomic mass is 19.4. The number of alkyl halides is 3. The third kappa shape index (κ3) is 2.39. The van der Waals surface area contributed by atoms with Crippen LogP contribution >= 0.6 is 0 Å². The molecular weight excluding hydrogens is 363 g/mol. The van der Waals surface area contributed by atoms with Crippen LogP contribution in [-0.2, 0) is 18.0 Å². The van der Waals surface area contributed by atoms with Crippen molar-refractivity contribution in [3.05, 3.63) is 41.1 Å². The molecule has 0 radical (unpaired) electrons. The lowest BCUT2D eigenvalue weighted by molar-refractivity contribution is -0.137. The quantitative estimate of drug-likeness (QED) is 0.755. The summed E-state index contributed by atoms with van der Waals surface area (Å²) >= 11 is 0. The molecule has 0 unspecified atom stereocenters. The predicted molar refractivity (Wildman–Crippen MR) is 101 cm³/mol. The van der Waals surface area contributed by atoms with Crippen molar-refractivity contribution in [1.82, 2.24) is 9.78 Å². The minimum atomic E-state index is -4.34. The zero-order valence-corrected chi connectivity index (χ0v) is 15.7. The number of nitrogens with one attached hydrogen (secondary N) is 1. The fourth-order valence-electron chi connectivity index (χ4n) is 7.00. The summed E-state index contributed by atoms with van der Waals surface area (Å²) in [5.74, 6) is 3.35. The zero-order chi connectivity index (χ0) is 19.1. The van der Waals surface area contributed by atoms with Crippen molar-refractivity contribution >= 4 is 5.82 Å². The Labute approximate surface area is 162 Å². The summed E-state index contributed by atoms with van der Waals surface area (Å²) in [5.41, 5.74) is 2.46. The average molecular weight is 387 g/mol. The molecule has 0 spiro atoms. The van der Waals surface area contributed by atoms with E-state index in [4.69, 9.17) is 5.10 Å². The Bertz CT molecular complexity index is 908. The highest BCUT2D eigenvalue weighted by Crippen LogP contribution is 2.61. The highest BCUT2D eigenvalue weighted by molar-refractivity contribution is 5.59. The summed E-state index contributed by atoms with van der Waals surface area (Å²) in [6, 6.07) is 5.55. The van der Waals surface area contributed by atoms with Crippen molar-refractivity contribution in [2.45, 2.75) is 56.5 Å². The zero-order valence-electron chi connectivity index (χ0n) is 15.7. The van der Waals surface area contributed by atoms with Crippen LogP contribution in [0.2, 0.25) is 0 Å². The Morgan fingerprint density at radius 1 is 1.04 bits per heavy atom. The molecule has 0 atom stereocenters. The van der Waals surface area contributed by atoms with Crippen molar-refractivity contribution < 1.29 is 13.2 Å². The number of anilines is 1. The number of hydrogen-bond donors (Lipinski definition) is 1. The van der Waals surface area contributed by atoms with Crippen molar-refractivity contribution in [1.29, 1.82) is 0 Å². The molecule has 4 bridgehead atoms. The molecule has 148 valence electrons. The summed E-state index contributed by atoms with van der Waals surface area (Å²) in [6.07, 6.45) is 4.32. The van der Waals surface area contributed by atoms with Crippen molar-refractivity contribution in [2.24, 2.45) is 17.8 Å². The van der Waals surface area contributed by atoms with E-state index in [-0.39, 0.29) is 5.41 Å². The van der Waals surface area contributed by atoms with Gasteiger partial charge in [0.05, 0.1) is 16.9 Å². The van der Waals surface area contributed by atoms with Gasteiger partial charge in [0, 0.05) is 17.5 Å². The molecule has 7 rings (SSSR count). The first-order chi connectivity index (χ1) is 13.4. The molecule has 1 aromatic carbocycles. The minimum Gasteiger partial charge on any atom is -0.369 e. The number of fused-ring (bicyclic) bond motifs is 1. The van der Waals surface area contributed by atoms with Gasteiger partial charge in [0.2, 0.25) is 0 Å². The summed E-state index contributed by atoms with van der Waals surface area (Å²) in [4.78, 5) is 0.